The van der Waals surface area contributed by atoms with Crippen LogP contribution in [0, 0.1) is 0 Å². The van der Waals surface area contributed by atoms with Crippen molar-refractivity contribution in [2.75, 3.05) is 16.8 Å². The zero-order valence-electron chi connectivity index (χ0n) is 11.0. The fraction of sp³-hybridized carbons (Fsp3) is 0.786. The van der Waals surface area contributed by atoms with Crippen LogP contribution in [0.15, 0.2) is 12.4 Å². The summed E-state index contributed by atoms with van der Waals surface area (Å²) in [4.78, 5) is 4.53. The van der Waals surface area contributed by atoms with Gasteiger partial charge in [0.15, 0.2) is 0 Å². The molecule has 1 aromatic rings. The van der Waals surface area contributed by atoms with E-state index in [1.54, 1.807) is 0 Å². The zero-order chi connectivity index (χ0) is 12.2. The second-order valence-corrected chi connectivity index (χ2v) is 6.71. The van der Waals surface area contributed by atoms with Crippen LogP contribution in [0.3, 0.4) is 0 Å². The third kappa shape index (κ3) is 2.85. The van der Waals surface area contributed by atoms with Crippen LogP contribution in [0.25, 0.3) is 0 Å². The largest absolute Gasteiger partial charge is 0.353 e. The Balaban J connectivity index is 1.66. The van der Waals surface area contributed by atoms with Gasteiger partial charge in [0.1, 0.15) is 0 Å². The van der Waals surface area contributed by atoms with Gasteiger partial charge in [-0.1, -0.05) is 19.3 Å². The molecule has 0 aromatic carbocycles. The molecule has 18 heavy (non-hydrogen) atoms. The predicted molar refractivity (Wildman–Crippen MR) is 78.3 cm³/mol. The van der Waals surface area contributed by atoms with Gasteiger partial charge in [-0.2, -0.15) is 11.8 Å². The average Bonchev–Trinajstić information content (AvgIpc) is 2.89. The molecule has 3 rings (SSSR count). The molecule has 0 bridgehead atoms. The number of rotatable bonds is 3. The summed E-state index contributed by atoms with van der Waals surface area (Å²) in [5.41, 5.74) is 0. The fourth-order valence-electron chi connectivity index (χ4n) is 3.10. The van der Waals surface area contributed by atoms with Crippen molar-refractivity contribution in [3.63, 3.8) is 0 Å². The van der Waals surface area contributed by atoms with Crippen LogP contribution in [0.5, 0.6) is 0 Å². The molecular formula is C14H23N3S. The highest BCUT2D eigenvalue weighted by Crippen LogP contribution is 2.31. The number of anilines is 1. The van der Waals surface area contributed by atoms with E-state index in [4.69, 9.17) is 0 Å². The first-order valence-corrected chi connectivity index (χ1v) is 8.46. The number of hydrogen-bond acceptors (Lipinski definition) is 3. The van der Waals surface area contributed by atoms with Gasteiger partial charge in [-0.15, -0.1) is 0 Å². The Morgan fingerprint density at radius 1 is 1.11 bits per heavy atom. The van der Waals surface area contributed by atoms with E-state index in [0.717, 1.165) is 5.95 Å². The van der Waals surface area contributed by atoms with Crippen LogP contribution in [0.1, 0.15) is 51.0 Å². The molecule has 0 unspecified atom stereocenters. The summed E-state index contributed by atoms with van der Waals surface area (Å²) in [6, 6.07) is 1.32. The molecule has 0 radical (unpaired) electrons. The Morgan fingerprint density at radius 3 is 2.67 bits per heavy atom. The third-order valence-corrected chi connectivity index (χ3v) is 5.24. The maximum Gasteiger partial charge on any atom is 0.203 e. The fourth-order valence-corrected chi connectivity index (χ4v) is 4.21. The molecule has 3 nitrogen and oxygen atoms in total. The quantitative estimate of drug-likeness (QED) is 0.904. The summed E-state index contributed by atoms with van der Waals surface area (Å²) < 4.78 is 2.39. The Kier molecular flexibility index (Phi) is 4.13. The van der Waals surface area contributed by atoms with Crippen molar-refractivity contribution < 1.29 is 0 Å². The molecule has 0 amide bonds. The SMILES string of the molecule is c1cn(C2CCCCC2)c(NC2CCSCC2)n1. The lowest BCUT2D eigenvalue weighted by atomic mass is 9.95. The highest BCUT2D eigenvalue weighted by atomic mass is 32.2. The van der Waals surface area contributed by atoms with Gasteiger partial charge < -0.3 is 9.88 Å². The standard InChI is InChI=1S/C14H23N3S/c1-2-4-13(5-3-1)17-9-8-15-14(17)16-12-6-10-18-11-7-12/h8-9,12-13H,1-7,10-11H2,(H,15,16). The number of hydrogen-bond donors (Lipinski definition) is 1. The lowest BCUT2D eigenvalue weighted by molar-refractivity contribution is 0.355. The van der Waals surface area contributed by atoms with Gasteiger partial charge >= 0.3 is 0 Å². The molecule has 1 aromatic heterocycles. The Labute approximate surface area is 114 Å². The van der Waals surface area contributed by atoms with Crippen molar-refractivity contribution >= 4 is 17.7 Å². The smallest absolute Gasteiger partial charge is 0.203 e. The van der Waals surface area contributed by atoms with Gasteiger partial charge in [-0.05, 0) is 37.2 Å². The summed E-state index contributed by atoms with van der Waals surface area (Å²) in [6.45, 7) is 0. The molecule has 1 aliphatic carbocycles. The van der Waals surface area contributed by atoms with Gasteiger partial charge in [0.2, 0.25) is 5.95 Å². The summed E-state index contributed by atoms with van der Waals surface area (Å²) in [5, 5.41) is 3.67. The third-order valence-electron chi connectivity index (χ3n) is 4.19. The van der Waals surface area contributed by atoms with E-state index in [-0.39, 0.29) is 0 Å². The minimum absolute atomic E-state index is 0.635. The molecule has 100 valence electrons. The van der Waals surface area contributed by atoms with Crippen molar-refractivity contribution in [2.24, 2.45) is 0 Å². The first-order valence-electron chi connectivity index (χ1n) is 7.30. The van der Waals surface area contributed by atoms with Crippen LogP contribution >= 0.6 is 11.8 Å². The molecule has 4 heteroatoms. The minimum Gasteiger partial charge on any atom is -0.353 e. The predicted octanol–water partition coefficient (Wildman–Crippen LogP) is 3.70. The average molecular weight is 265 g/mol. The van der Waals surface area contributed by atoms with Gasteiger partial charge in [-0.3, -0.25) is 0 Å². The Bertz CT molecular complexity index is 365. The van der Waals surface area contributed by atoms with Crippen molar-refractivity contribution in [1.82, 2.24) is 9.55 Å². The van der Waals surface area contributed by atoms with Crippen molar-refractivity contribution in [3.05, 3.63) is 12.4 Å². The second kappa shape index (κ2) is 6.00. The minimum atomic E-state index is 0.635. The van der Waals surface area contributed by atoms with Gasteiger partial charge in [-0.25, -0.2) is 4.98 Å². The summed E-state index contributed by atoms with van der Waals surface area (Å²) in [6.07, 6.45) is 13.5. The van der Waals surface area contributed by atoms with Gasteiger partial charge in [0.25, 0.3) is 0 Å². The van der Waals surface area contributed by atoms with Crippen molar-refractivity contribution in [3.8, 4) is 0 Å². The molecule has 2 fully saturated rings. The monoisotopic (exact) mass is 265 g/mol. The van der Waals surface area contributed by atoms with Crippen LogP contribution < -0.4 is 5.32 Å². The Morgan fingerprint density at radius 2 is 1.89 bits per heavy atom. The number of nitrogens with one attached hydrogen (secondary N) is 1. The molecular weight excluding hydrogens is 242 g/mol. The molecule has 0 spiro atoms. The van der Waals surface area contributed by atoms with Crippen LogP contribution in [0.2, 0.25) is 0 Å². The lowest BCUT2D eigenvalue weighted by Crippen LogP contribution is -2.27. The highest BCUT2D eigenvalue weighted by molar-refractivity contribution is 7.99. The van der Waals surface area contributed by atoms with E-state index in [0.29, 0.717) is 12.1 Å². The summed E-state index contributed by atoms with van der Waals surface area (Å²) >= 11 is 2.08. The molecule has 2 heterocycles. The van der Waals surface area contributed by atoms with E-state index in [1.807, 2.05) is 6.20 Å². The van der Waals surface area contributed by atoms with Crippen LogP contribution in [-0.2, 0) is 0 Å². The maximum atomic E-state index is 4.53. The summed E-state index contributed by atoms with van der Waals surface area (Å²) in [7, 11) is 0. The zero-order valence-corrected chi connectivity index (χ0v) is 11.8. The normalized spacial score (nSPS) is 23.1. The highest BCUT2D eigenvalue weighted by Gasteiger charge is 2.20. The van der Waals surface area contributed by atoms with Gasteiger partial charge in [0.05, 0.1) is 0 Å². The van der Waals surface area contributed by atoms with E-state index >= 15 is 0 Å². The second-order valence-electron chi connectivity index (χ2n) is 5.48. The number of nitrogens with zero attached hydrogens (tertiary/aromatic N) is 2. The van der Waals surface area contributed by atoms with E-state index < -0.39 is 0 Å². The maximum absolute atomic E-state index is 4.53. The van der Waals surface area contributed by atoms with E-state index in [1.165, 1.54) is 56.5 Å². The molecule has 0 atom stereocenters. The van der Waals surface area contributed by atoms with Crippen molar-refractivity contribution in [1.29, 1.82) is 0 Å². The number of imidazole rings is 1. The molecule has 1 saturated heterocycles. The van der Waals surface area contributed by atoms with Crippen LogP contribution in [-0.4, -0.2) is 27.1 Å². The Hall–Kier alpha value is -0.640. The number of aromatic nitrogens is 2. The van der Waals surface area contributed by atoms with Crippen molar-refractivity contribution in [2.45, 2.75) is 57.0 Å². The first-order chi connectivity index (χ1) is 8.93. The van der Waals surface area contributed by atoms with Crippen LogP contribution in [0.4, 0.5) is 5.95 Å². The number of thioether (sulfide) groups is 1. The van der Waals surface area contributed by atoms with E-state index in [9.17, 15) is 0 Å². The molecule has 1 aliphatic heterocycles. The summed E-state index contributed by atoms with van der Waals surface area (Å²) in [5.74, 6) is 3.70. The molecule has 1 N–H and O–H groups in total. The van der Waals surface area contributed by atoms with Gasteiger partial charge in [0, 0.05) is 24.5 Å². The topological polar surface area (TPSA) is 29.9 Å². The molecule has 1 saturated carbocycles. The molecule has 2 aliphatic rings. The van der Waals surface area contributed by atoms with E-state index in [2.05, 4.69) is 32.8 Å². The first kappa shape index (κ1) is 12.4. The lowest BCUT2D eigenvalue weighted by Gasteiger charge is -2.28.